The quantitative estimate of drug-likeness (QED) is 0.886. The Balaban J connectivity index is 1.71. The summed E-state index contributed by atoms with van der Waals surface area (Å²) in [5, 5.41) is 17.3. The van der Waals surface area contributed by atoms with Gasteiger partial charge in [-0.15, -0.1) is 0 Å². The molecule has 2 aromatic rings. The Bertz CT molecular complexity index is 754. The van der Waals surface area contributed by atoms with Crippen molar-refractivity contribution >= 4 is 22.8 Å². The zero-order valence-corrected chi connectivity index (χ0v) is 12.0. The van der Waals surface area contributed by atoms with Crippen LogP contribution < -0.4 is 0 Å². The van der Waals surface area contributed by atoms with Crippen LogP contribution in [0.3, 0.4) is 0 Å². The van der Waals surface area contributed by atoms with Crippen molar-refractivity contribution in [2.75, 3.05) is 6.54 Å². The second kappa shape index (κ2) is 4.83. The molecule has 4 rings (SSSR count). The third kappa shape index (κ3) is 1.83. The zero-order valence-electron chi connectivity index (χ0n) is 12.0. The van der Waals surface area contributed by atoms with E-state index in [-0.39, 0.29) is 11.8 Å². The molecule has 6 nitrogen and oxygen atoms in total. The first-order valence-electron chi connectivity index (χ1n) is 7.63. The monoisotopic (exact) mass is 299 g/mol. The van der Waals surface area contributed by atoms with E-state index in [1.54, 1.807) is 0 Å². The molecule has 2 fully saturated rings. The maximum absolute atomic E-state index is 12.8. The maximum atomic E-state index is 12.8. The summed E-state index contributed by atoms with van der Waals surface area (Å²) in [6, 6.07) is 6.69. The standard InChI is InChI=1S/C16H17N3O3/c20-15(13-11-5-1-2-7-12(11)17-18-13)19-8-9-4-3-6-10(9)14(19)16(21)22/h1-2,5,7,9-10,14H,3-4,6,8H2,(H,17,18)(H,21,22). The molecule has 114 valence electrons. The van der Waals surface area contributed by atoms with Gasteiger partial charge in [0.1, 0.15) is 6.04 Å². The molecule has 0 spiro atoms. The van der Waals surface area contributed by atoms with E-state index < -0.39 is 12.0 Å². The average molecular weight is 299 g/mol. The SMILES string of the molecule is O=C(O)C1C2CCCC2CN1C(=O)c1n[nH]c2ccccc12. The fourth-order valence-corrected chi connectivity index (χ4v) is 4.09. The summed E-state index contributed by atoms with van der Waals surface area (Å²) in [7, 11) is 0. The van der Waals surface area contributed by atoms with Gasteiger partial charge in [0.25, 0.3) is 5.91 Å². The maximum Gasteiger partial charge on any atom is 0.326 e. The van der Waals surface area contributed by atoms with Gasteiger partial charge in [-0.2, -0.15) is 5.10 Å². The minimum absolute atomic E-state index is 0.0895. The van der Waals surface area contributed by atoms with Crippen LogP contribution in [0.2, 0.25) is 0 Å². The highest BCUT2D eigenvalue weighted by Crippen LogP contribution is 2.42. The molecule has 22 heavy (non-hydrogen) atoms. The second-order valence-corrected chi connectivity index (χ2v) is 6.21. The van der Waals surface area contributed by atoms with Gasteiger partial charge in [-0.05, 0) is 30.7 Å². The first kappa shape index (κ1) is 13.3. The van der Waals surface area contributed by atoms with Crippen LogP contribution >= 0.6 is 0 Å². The van der Waals surface area contributed by atoms with Gasteiger partial charge in [0.2, 0.25) is 0 Å². The number of para-hydroxylation sites is 1. The smallest absolute Gasteiger partial charge is 0.326 e. The number of aromatic amines is 1. The highest BCUT2D eigenvalue weighted by molar-refractivity contribution is 6.05. The number of H-pyrrole nitrogens is 1. The number of hydrogen-bond acceptors (Lipinski definition) is 3. The average Bonchev–Trinajstić information content (AvgIpc) is 3.19. The van der Waals surface area contributed by atoms with Crippen LogP contribution in [0.4, 0.5) is 0 Å². The van der Waals surface area contributed by atoms with Gasteiger partial charge in [0, 0.05) is 11.9 Å². The Morgan fingerprint density at radius 2 is 2.09 bits per heavy atom. The summed E-state index contributed by atoms with van der Waals surface area (Å²) in [5.41, 5.74) is 1.11. The van der Waals surface area contributed by atoms with Gasteiger partial charge < -0.3 is 10.0 Å². The number of aromatic nitrogens is 2. The predicted molar refractivity (Wildman–Crippen MR) is 79.4 cm³/mol. The predicted octanol–water partition coefficient (Wildman–Crippen LogP) is 1.89. The third-order valence-corrected chi connectivity index (χ3v) is 5.08. The van der Waals surface area contributed by atoms with E-state index in [4.69, 9.17) is 0 Å². The highest BCUT2D eigenvalue weighted by Gasteiger charge is 2.50. The molecule has 1 saturated carbocycles. The molecule has 6 heteroatoms. The van der Waals surface area contributed by atoms with Crippen LogP contribution in [0.5, 0.6) is 0 Å². The number of aliphatic carboxylic acids is 1. The Kier molecular flexibility index (Phi) is 2.92. The first-order chi connectivity index (χ1) is 10.7. The minimum atomic E-state index is -0.900. The lowest BCUT2D eigenvalue weighted by Gasteiger charge is -2.23. The molecule has 1 aliphatic heterocycles. The minimum Gasteiger partial charge on any atom is -0.480 e. The number of fused-ring (bicyclic) bond motifs is 2. The fraction of sp³-hybridized carbons (Fsp3) is 0.438. The summed E-state index contributed by atoms with van der Waals surface area (Å²) in [5.74, 6) is -0.774. The van der Waals surface area contributed by atoms with Gasteiger partial charge in [-0.1, -0.05) is 24.6 Å². The van der Waals surface area contributed by atoms with E-state index in [0.717, 1.165) is 30.2 Å². The van der Waals surface area contributed by atoms with Crippen molar-refractivity contribution in [2.24, 2.45) is 11.8 Å². The van der Waals surface area contributed by atoms with Gasteiger partial charge in [-0.3, -0.25) is 9.89 Å². The molecule has 1 saturated heterocycles. The number of likely N-dealkylation sites (tertiary alicyclic amines) is 1. The van der Waals surface area contributed by atoms with E-state index in [1.165, 1.54) is 4.90 Å². The molecule has 1 aromatic heterocycles. The van der Waals surface area contributed by atoms with E-state index in [0.29, 0.717) is 18.2 Å². The van der Waals surface area contributed by atoms with Crippen LogP contribution in [-0.2, 0) is 4.79 Å². The van der Waals surface area contributed by atoms with E-state index in [9.17, 15) is 14.7 Å². The molecule has 3 atom stereocenters. The number of carbonyl (C=O) groups is 2. The lowest BCUT2D eigenvalue weighted by Crippen LogP contribution is -2.43. The van der Waals surface area contributed by atoms with Crippen LogP contribution in [0.25, 0.3) is 10.9 Å². The summed E-state index contributed by atoms with van der Waals surface area (Å²) in [6.45, 7) is 0.529. The first-order valence-corrected chi connectivity index (χ1v) is 7.63. The molecule has 1 amide bonds. The van der Waals surface area contributed by atoms with Crippen molar-refractivity contribution in [1.29, 1.82) is 0 Å². The van der Waals surface area contributed by atoms with Crippen LogP contribution in [0.1, 0.15) is 29.8 Å². The number of nitrogens with one attached hydrogen (secondary N) is 1. The zero-order chi connectivity index (χ0) is 15.3. The largest absolute Gasteiger partial charge is 0.480 e. The molecule has 0 bridgehead atoms. The fourth-order valence-electron chi connectivity index (χ4n) is 4.09. The number of hydrogen-bond donors (Lipinski definition) is 2. The number of carbonyl (C=O) groups excluding carboxylic acids is 1. The van der Waals surface area contributed by atoms with Crippen molar-refractivity contribution in [3.05, 3.63) is 30.0 Å². The van der Waals surface area contributed by atoms with Crippen LogP contribution in [0.15, 0.2) is 24.3 Å². The van der Waals surface area contributed by atoms with Crippen LogP contribution in [-0.4, -0.2) is 44.7 Å². The normalized spacial score (nSPS) is 27.3. The van der Waals surface area contributed by atoms with Gasteiger partial charge in [-0.25, -0.2) is 4.79 Å². The molecule has 2 heterocycles. The molecule has 1 aliphatic carbocycles. The highest BCUT2D eigenvalue weighted by atomic mass is 16.4. The van der Waals surface area contributed by atoms with Crippen molar-refractivity contribution in [1.82, 2.24) is 15.1 Å². The lowest BCUT2D eigenvalue weighted by atomic mass is 9.94. The topological polar surface area (TPSA) is 86.3 Å². The molecule has 2 N–H and O–H groups in total. The molecular weight excluding hydrogens is 282 g/mol. The summed E-state index contributed by atoms with van der Waals surface area (Å²) in [6.07, 6.45) is 2.97. The Morgan fingerprint density at radius 3 is 2.91 bits per heavy atom. The number of amides is 1. The van der Waals surface area contributed by atoms with E-state index in [1.807, 2.05) is 24.3 Å². The molecule has 3 unspecified atom stereocenters. The molecule has 1 aromatic carbocycles. The van der Waals surface area contributed by atoms with Gasteiger partial charge >= 0.3 is 5.97 Å². The number of rotatable bonds is 2. The molecule has 0 radical (unpaired) electrons. The Morgan fingerprint density at radius 1 is 1.27 bits per heavy atom. The van der Waals surface area contributed by atoms with Crippen molar-refractivity contribution < 1.29 is 14.7 Å². The number of carboxylic acids is 1. The van der Waals surface area contributed by atoms with Gasteiger partial charge in [0.15, 0.2) is 5.69 Å². The van der Waals surface area contributed by atoms with E-state index >= 15 is 0 Å². The second-order valence-electron chi connectivity index (χ2n) is 6.21. The molecular formula is C16H17N3O3. The van der Waals surface area contributed by atoms with E-state index in [2.05, 4.69) is 10.2 Å². The van der Waals surface area contributed by atoms with Crippen molar-refractivity contribution in [3.8, 4) is 0 Å². The van der Waals surface area contributed by atoms with Gasteiger partial charge in [0.05, 0.1) is 5.52 Å². The molecule has 2 aliphatic rings. The Labute approximate surface area is 127 Å². The van der Waals surface area contributed by atoms with Crippen molar-refractivity contribution in [2.45, 2.75) is 25.3 Å². The number of nitrogens with zero attached hydrogens (tertiary/aromatic N) is 2. The lowest BCUT2D eigenvalue weighted by molar-refractivity contribution is -0.142. The Hall–Kier alpha value is -2.37. The van der Waals surface area contributed by atoms with Crippen LogP contribution in [0, 0.1) is 11.8 Å². The summed E-state index contributed by atoms with van der Waals surface area (Å²) >= 11 is 0. The number of benzene rings is 1. The van der Waals surface area contributed by atoms with Crippen molar-refractivity contribution in [3.63, 3.8) is 0 Å². The number of carboxylic acid groups (broad SMARTS) is 1. The summed E-state index contributed by atoms with van der Waals surface area (Å²) in [4.78, 5) is 26.0. The summed E-state index contributed by atoms with van der Waals surface area (Å²) < 4.78 is 0. The third-order valence-electron chi connectivity index (χ3n) is 5.08.